The van der Waals surface area contributed by atoms with Gasteiger partial charge in [0.05, 0.1) is 13.7 Å². The van der Waals surface area contributed by atoms with Gasteiger partial charge >= 0.3 is 0 Å². The van der Waals surface area contributed by atoms with Crippen molar-refractivity contribution >= 4 is 11.8 Å². The minimum Gasteiger partial charge on any atom is -0.497 e. The molecule has 27 heavy (non-hydrogen) atoms. The van der Waals surface area contributed by atoms with Gasteiger partial charge in [0.2, 0.25) is 5.89 Å². The fourth-order valence-corrected chi connectivity index (χ4v) is 6.39. The lowest BCUT2D eigenvalue weighted by molar-refractivity contribution is -0.0191. The van der Waals surface area contributed by atoms with Crippen molar-refractivity contribution in [2.45, 2.75) is 49.2 Å². The molecule has 4 fully saturated rings. The van der Waals surface area contributed by atoms with E-state index in [0.717, 1.165) is 40.9 Å². The van der Waals surface area contributed by atoms with E-state index in [4.69, 9.17) is 13.9 Å². The van der Waals surface area contributed by atoms with Gasteiger partial charge < -0.3 is 13.9 Å². The molecule has 6 rings (SSSR count). The van der Waals surface area contributed by atoms with Crippen molar-refractivity contribution in [1.29, 1.82) is 0 Å². The number of benzene rings is 1. The van der Waals surface area contributed by atoms with E-state index >= 15 is 0 Å². The number of aromatic nitrogens is 2. The van der Waals surface area contributed by atoms with Crippen LogP contribution in [-0.4, -0.2) is 29.7 Å². The van der Waals surface area contributed by atoms with Crippen LogP contribution in [0.4, 0.5) is 0 Å². The Morgan fingerprint density at radius 2 is 1.63 bits per heavy atom. The maximum atomic E-state index is 6.12. The maximum absolute atomic E-state index is 6.12. The summed E-state index contributed by atoms with van der Waals surface area (Å²) in [5, 5.41) is 9.46. The highest BCUT2D eigenvalue weighted by Gasteiger charge is 2.54. The topological polar surface area (TPSA) is 57.4 Å². The van der Waals surface area contributed by atoms with Crippen molar-refractivity contribution in [3.8, 4) is 11.5 Å². The van der Waals surface area contributed by atoms with Crippen LogP contribution in [0.5, 0.6) is 11.5 Å². The molecule has 144 valence electrons. The minimum absolute atomic E-state index is 0.181. The molecule has 0 aliphatic heterocycles. The molecule has 5 nitrogen and oxygen atoms in total. The largest absolute Gasteiger partial charge is 0.497 e. The first-order chi connectivity index (χ1) is 13.2. The third-order valence-corrected chi connectivity index (χ3v) is 7.32. The van der Waals surface area contributed by atoms with Crippen LogP contribution in [0.2, 0.25) is 0 Å². The van der Waals surface area contributed by atoms with E-state index in [9.17, 15) is 0 Å². The first-order valence-corrected chi connectivity index (χ1v) is 10.9. The molecule has 1 aromatic carbocycles. The van der Waals surface area contributed by atoms with Gasteiger partial charge in [-0.3, -0.25) is 0 Å². The average Bonchev–Trinajstić information content (AvgIpc) is 3.15. The number of hydrogen-bond donors (Lipinski definition) is 0. The van der Waals surface area contributed by atoms with E-state index in [1.54, 1.807) is 18.9 Å². The summed E-state index contributed by atoms with van der Waals surface area (Å²) in [6, 6.07) is 7.64. The van der Waals surface area contributed by atoms with E-state index in [1.165, 1.54) is 38.5 Å². The van der Waals surface area contributed by atoms with Gasteiger partial charge in [-0.15, -0.1) is 10.2 Å². The highest BCUT2D eigenvalue weighted by molar-refractivity contribution is 7.99. The molecule has 4 bridgehead atoms. The number of hydrogen-bond acceptors (Lipinski definition) is 6. The Morgan fingerprint density at radius 1 is 1.00 bits per heavy atom. The zero-order chi connectivity index (χ0) is 18.3. The van der Waals surface area contributed by atoms with Gasteiger partial charge in [-0.05, 0) is 80.5 Å². The van der Waals surface area contributed by atoms with Crippen molar-refractivity contribution in [2.24, 2.45) is 17.8 Å². The third kappa shape index (κ3) is 3.44. The summed E-state index contributed by atoms with van der Waals surface area (Å²) in [5.41, 5.74) is 0.181. The average molecular weight is 387 g/mol. The van der Waals surface area contributed by atoms with Crippen LogP contribution < -0.4 is 9.47 Å². The second-order valence-electron chi connectivity index (χ2n) is 8.44. The summed E-state index contributed by atoms with van der Waals surface area (Å²) < 4.78 is 17.0. The lowest BCUT2D eigenvalue weighted by Gasteiger charge is -2.55. The van der Waals surface area contributed by atoms with E-state index in [1.807, 2.05) is 24.3 Å². The number of ether oxygens (including phenoxy) is 2. The van der Waals surface area contributed by atoms with E-state index in [-0.39, 0.29) is 5.41 Å². The summed E-state index contributed by atoms with van der Waals surface area (Å²) in [5.74, 6) is 6.02. The van der Waals surface area contributed by atoms with Gasteiger partial charge in [0.1, 0.15) is 11.5 Å². The molecule has 4 aliphatic carbocycles. The molecule has 1 aromatic heterocycles. The van der Waals surface area contributed by atoms with E-state index in [0.29, 0.717) is 11.8 Å². The van der Waals surface area contributed by atoms with Crippen LogP contribution in [0.25, 0.3) is 0 Å². The van der Waals surface area contributed by atoms with Crippen LogP contribution in [0, 0.1) is 17.8 Å². The second kappa shape index (κ2) is 7.04. The lowest BCUT2D eigenvalue weighted by atomic mass is 9.49. The van der Waals surface area contributed by atoms with Crippen molar-refractivity contribution in [1.82, 2.24) is 10.2 Å². The first kappa shape index (κ1) is 17.4. The Bertz CT molecular complexity index is 754. The molecule has 4 aliphatic rings. The van der Waals surface area contributed by atoms with Gasteiger partial charge in [-0.25, -0.2) is 0 Å². The Labute approximate surface area is 164 Å². The van der Waals surface area contributed by atoms with E-state index < -0.39 is 0 Å². The van der Waals surface area contributed by atoms with Crippen LogP contribution in [0.3, 0.4) is 0 Å². The second-order valence-corrected chi connectivity index (χ2v) is 9.49. The quantitative estimate of drug-likeness (QED) is 0.507. The molecule has 0 spiro atoms. The fourth-order valence-electron chi connectivity index (χ4n) is 5.82. The first-order valence-electron chi connectivity index (χ1n) is 9.96. The molecular weight excluding hydrogens is 360 g/mol. The van der Waals surface area contributed by atoms with Crippen LogP contribution >= 0.6 is 11.8 Å². The number of methoxy groups -OCH3 is 1. The van der Waals surface area contributed by atoms with Gasteiger partial charge in [-0.2, -0.15) is 0 Å². The molecule has 0 saturated heterocycles. The zero-order valence-electron chi connectivity index (χ0n) is 15.7. The number of rotatable bonds is 7. The third-order valence-electron chi connectivity index (χ3n) is 6.54. The summed E-state index contributed by atoms with van der Waals surface area (Å²) in [4.78, 5) is 0. The SMILES string of the molecule is COc1ccc(OCCSc2nnc(C34CC5CC(CC(C5)C3)C4)o2)cc1. The van der Waals surface area contributed by atoms with Crippen LogP contribution in [0.15, 0.2) is 33.9 Å². The van der Waals surface area contributed by atoms with Crippen molar-refractivity contribution in [2.75, 3.05) is 19.5 Å². The van der Waals surface area contributed by atoms with Crippen LogP contribution in [-0.2, 0) is 5.41 Å². The molecule has 0 unspecified atom stereocenters. The van der Waals surface area contributed by atoms with Crippen molar-refractivity contribution < 1.29 is 13.9 Å². The summed E-state index contributed by atoms with van der Waals surface area (Å²) in [6.07, 6.45) is 8.05. The lowest BCUT2D eigenvalue weighted by Crippen LogP contribution is -2.48. The Hall–Kier alpha value is -1.69. The number of thioether (sulfide) groups is 1. The Kier molecular flexibility index (Phi) is 4.54. The highest BCUT2D eigenvalue weighted by atomic mass is 32.2. The smallest absolute Gasteiger partial charge is 0.276 e. The van der Waals surface area contributed by atoms with E-state index in [2.05, 4.69) is 10.2 Å². The Morgan fingerprint density at radius 3 is 2.26 bits per heavy atom. The molecule has 0 atom stereocenters. The molecule has 4 saturated carbocycles. The molecular formula is C21H26N2O3S. The molecule has 2 aromatic rings. The number of nitrogens with zero attached hydrogens (tertiary/aromatic N) is 2. The van der Waals surface area contributed by atoms with Gasteiger partial charge in [0.25, 0.3) is 5.22 Å². The van der Waals surface area contributed by atoms with Crippen molar-refractivity contribution in [3.05, 3.63) is 30.2 Å². The zero-order valence-corrected chi connectivity index (χ0v) is 16.5. The molecule has 0 amide bonds. The minimum atomic E-state index is 0.181. The predicted octanol–water partition coefficient (Wildman–Crippen LogP) is 4.72. The highest BCUT2D eigenvalue weighted by Crippen LogP contribution is 2.60. The van der Waals surface area contributed by atoms with Gasteiger partial charge in [0, 0.05) is 11.2 Å². The molecule has 0 radical (unpaired) electrons. The van der Waals surface area contributed by atoms with Crippen molar-refractivity contribution in [3.63, 3.8) is 0 Å². The summed E-state index contributed by atoms with van der Waals surface area (Å²) in [6.45, 7) is 0.603. The van der Waals surface area contributed by atoms with Crippen LogP contribution in [0.1, 0.15) is 44.4 Å². The monoisotopic (exact) mass is 386 g/mol. The summed E-state index contributed by atoms with van der Waals surface area (Å²) in [7, 11) is 1.66. The van der Waals surface area contributed by atoms with Gasteiger partial charge in [-0.1, -0.05) is 11.8 Å². The molecule has 6 heteroatoms. The predicted molar refractivity (Wildman–Crippen MR) is 103 cm³/mol. The summed E-state index contributed by atoms with van der Waals surface area (Å²) >= 11 is 1.58. The van der Waals surface area contributed by atoms with Gasteiger partial charge in [0.15, 0.2) is 0 Å². The standard InChI is InChI=1S/C21H26N2O3S/c1-24-17-2-4-18(5-3-17)25-6-7-27-20-23-22-19(26-20)21-11-14-8-15(12-21)10-16(9-14)13-21/h2-5,14-16H,6-13H2,1H3. The normalized spacial score (nSPS) is 31.2. The molecule has 0 N–H and O–H groups in total. The Balaban J connectivity index is 1.16. The fraction of sp³-hybridized carbons (Fsp3) is 0.619. The maximum Gasteiger partial charge on any atom is 0.276 e. The molecule has 1 heterocycles.